The zero-order chi connectivity index (χ0) is 10.3. The molecule has 0 aliphatic carbocycles. The molecule has 0 aromatic heterocycles. The molecule has 0 aromatic rings. The summed E-state index contributed by atoms with van der Waals surface area (Å²) in [6.07, 6.45) is 0.964. The second kappa shape index (κ2) is 3.41. The smallest absolute Gasteiger partial charge is 0.157 e. The van der Waals surface area contributed by atoms with Crippen molar-refractivity contribution in [1.29, 1.82) is 5.41 Å². The average molecular weight is 234 g/mol. The number of nitrogens with zero attached hydrogens (tertiary/aromatic N) is 1. The highest BCUT2D eigenvalue weighted by molar-refractivity contribution is 8.15. The van der Waals surface area contributed by atoms with Gasteiger partial charge in [0.25, 0.3) is 0 Å². The molecule has 2 fully saturated rings. The van der Waals surface area contributed by atoms with E-state index in [0.29, 0.717) is 5.17 Å². The first-order valence-electron chi connectivity index (χ1n) is 4.76. The maximum Gasteiger partial charge on any atom is 0.157 e. The minimum absolute atomic E-state index is 0.0671. The summed E-state index contributed by atoms with van der Waals surface area (Å²) in [4.78, 5) is 1.94. The molecule has 2 saturated heterocycles. The minimum Gasteiger partial charge on any atom is -0.346 e. The maximum absolute atomic E-state index is 11.4. The van der Waals surface area contributed by atoms with Crippen LogP contribution in [0, 0.1) is 5.41 Å². The predicted octanol–water partition coefficient (Wildman–Crippen LogP) is 0.546. The molecule has 2 aliphatic rings. The van der Waals surface area contributed by atoms with Gasteiger partial charge in [-0.3, -0.25) is 5.41 Å². The molecular weight excluding hydrogens is 220 g/mol. The van der Waals surface area contributed by atoms with Crippen LogP contribution in [0.15, 0.2) is 0 Å². The Morgan fingerprint density at radius 3 is 2.93 bits per heavy atom. The number of thioether (sulfide) groups is 1. The molecule has 0 bridgehead atoms. The van der Waals surface area contributed by atoms with Gasteiger partial charge in [-0.05, 0) is 6.42 Å². The van der Waals surface area contributed by atoms with Crippen LogP contribution in [0.4, 0.5) is 0 Å². The summed E-state index contributed by atoms with van der Waals surface area (Å²) in [6.45, 7) is 2.86. The minimum atomic E-state index is -2.84. The Morgan fingerprint density at radius 2 is 2.29 bits per heavy atom. The van der Waals surface area contributed by atoms with Gasteiger partial charge in [0, 0.05) is 11.8 Å². The Morgan fingerprint density at radius 1 is 1.57 bits per heavy atom. The molecule has 6 heteroatoms. The number of amidine groups is 1. The number of fused-ring (bicyclic) bond motifs is 1. The van der Waals surface area contributed by atoms with Crippen LogP contribution in [0.25, 0.3) is 0 Å². The van der Waals surface area contributed by atoms with Gasteiger partial charge in [0.05, 0.1) is 17.5 Å². The molecular formula is C8H14N2O2S2. The van der Waals surface area contributed by atoms with E-state index >= 15 is 0 Å². The fraction of sp³-hybridized carbons (Fsp3) is 0.875. The van der Waals surface area contributed by atoms with Crippen molar-refractivity contribution in [2.24, 2.45) is 0 Å². The van der Waals surface area contributed by atoms with E-state index in [1.807, 2.05) is 4.90 Å². The highest BCUT2D eigenvalue weighted by Gasteiger charge is 2.47. The summed E-state index contributed by atoms with van der Waals surface area (Å²) in [5.41, 5.74) is 0. The molecule has 80 valence electrons. The average Bonchev–Trinajstić information content (AvgIpc) is 2.47. The summed E-state index contributed by atoms with van der Waals surface area (Å²) in [5.74, 6) is 0.498. The fourth-order valence-electron chi connectivity index (χ4n) is 2.07. The molecule has 2 aliphatic heterocycles. The third-order valence-electron chi connectivity index (χ3n) is 2.66. The van der Waals surface area contributed by atoms with Crippen molar-refractivity contribution >= 4 is 26.8 Å². The monoisotopic (exact) mass is 234 g/mol. The van der Waals surface area contributed by atoms with E-state index < -0.39 is 9.84 Å². The lowest BCUT2D eigenvalue weighted by molar-refractivity contribution is 0.356. The van der Waals surface area contributed by atoms with Crippen LogP contribution in [-0.4, -0.2) is 47.8 Å². The first kappa shape index (κ1) is 10.3. The van der Waals surface area contributed by atoms with E-state index in [4.69, 9.17) is 5.41 Å². The van der Waals surface area contributed by atoms with Gasteiger partial charge in [0.15, 0.2) is 15.0 Å². The standard InChI is InChI=1S/C8H14N2O2S2/c1-2-3-10-6-4-14(11,12)5-7(6)13-8(10)9/h6-7,9H,2-5H2,1H3/t6-,7+/m0/s1. The van der Waals surface area contributed by atoms with E-state index in [-0.39, 0.29) is 22.8 Å². The summed E-state index contributed by atoms with van der Waals surface area (Å²) in [7, 11) is -2.84. The predicted molar refractivity (Wildman–Crippen MR) is 58.5 cm³/mol. The summed E-state index contributed by atoms with van der Waals surface area (Å²) in [6, 6.07) is 0.0671. The third kappa shape index (κ3) is 1.65. The van der Waals surface area contributed by atoms with Crippen LogP contribution in [0.1, 0.15) is 13.3 Å². The van der Waals surface area contributed by atoms with E-state index in [2.05, 4.69) is 6.92 Å². The van der Waals surface area contributed by atoms with Gasteiger partial charge in [0.1, 0.15) is 0 Å². The molecule has 0 saturated carbocycles. The van der Waals surface area contributed by atoms with Gasteiger partial charge in [-0.2, -0.15) is 0 Å². The van der Waals surface area contributed by atoms with E-state index in [1.165, 1.54) is 11.8 Å². The second-order valence-corrected chi connectivity index (χ2v) is 7.18. The van der Waals surface area contributed by atoms with Crippen molar-refractivity contribution < 1.29 is 8.42 Å². The van der Waals surface area contributed by atoms with Gasteiger partial charge < -0.3 is 4.90 Å². The van der Waals surface area contributed by atoms with Crippen LogP contribution in [0.2, 0.25) is 0 Å². The molecule has 0 unspecified atom stereocenters. The molecule has 2 rings (SSSR count). The third-order valence-corrected chi connectivity index (χ3v) is 5.83. The first-order chi connectivity index (χ1) is 6.53. The molecule has 14 heavy (non-hydrogen) atoms. The van der Waals surface area contributed by atoms with E-state index in [9.17, 15) is 8.42 Å². The maximum atomic E-state index is 11.4. The van der Waals surface area contributed by atoms with E-state index in [1.54, 1.807) is 0 Å². The lowest BCUT2D eigenvalue weighted by atomic mass is 10.2. The molecule has 0 amide bonds. The van der Waals surface area contributed by atoms with Gasteiger partial charge in [-0.1, -0.05) is 18.7 Å². The Labute approximate surface area is 88.5 Å². The zero-order valence-corrected chi connectivity index (χ0v) is 9.70. The number of sulfone groups is 1. The van der Waals surface area contributed by atoms with Gasteiger partial charge in [0.2, 0.25) is 0 Å². The second-order valence-electron chi connectivity index (χ2n) is 3.80. The van der Waals surface area contributed by atoms with Crippen LogP contribution >= 0.6 is 11.8 Å². The first-order valence-corrected chi connectivity index (χ1v) is 7.46. The van der Waals surface area contributed by atoms with Crippen molar-refractivity contribution in [2.75, 3.05) is 18.1 Å². The SMILES string of the molecule is CCCN1C(=N)S[C@@H]2CS(=O)(=O)C[C@@H]21. The van der Waals surface area contributed by atoms with Crippen molar-refractivity contribution in [3.63, 3.8) is 0 Å². The van der Waals surface area contributed by atoms with Gasteiger partial charge in [-0.15, -0.1) is 0 Å². The quantitative estimate of drug-likeness (QED) is 0.758. The van der Waals surface area contributed by atoms with Crippen molar-refractivity contribution in [3.8, 4) is 0 Å². The summed E-state index contributed by atoms with van der Waals surface area (Å²) >= 11 is 1.42. The Bertz CT molecular complexity index is 352. The van der Waals surface area contributed by atoms with Gasteiger partial charge in [-0.25, -0.2) is 8.42 Å². The Balaban J connectivity index is 2.17. The Kier molecular flexibility index (Phi) is 2.51. The van der Waals surface area contributed by atoms with Gasteiger partial charge >= 0.3 is 0 Å². The van der Waals surface area contributed by atoms with Crippen molar-refractivity contribution in [1.82, 2.24) is 4.90 Å². The molecule has 0 spiro atoms. The summed E-state index contributed by atoms with van der Waals surface area (Å²) in [5, 5.41) is 8.39. The normalized spacial score (nSPS) is 34.9. The number of hydrogen-bond donors (Lipinski definition) is 1. The zero-order valence-electron chi connectivity index (χ0n) is 8.06. The molecule has 2 heterocycles. The molecule has 0 aromatic carbocycles. The molecule has 2 atom stereocenters. The largest absolute Gasteiger partial charge is 0.346 e. The lowest BCUT2D eigenvalue weighted by Crippen LogP contribution is -2.37. The van der Waals surface area contributed by atoms with Crippen LogP contribution in [0.5, 0.6) is 0 Å². The molecule has 4 nitrogen and oxygen atoms in total. The highest BCUT2D eigenvalue weighted by atomic mass is 32.2. The molecule has 0 radical (unpaired) electrons. The van der Waals surface area contributed by atoms with Crippen molar-refractivity contribution in [3.05, 3.63) is 0 Å². The number of nitrogens with one attached hydrogen (secondary N) is 1. The molecule has 1 N–H and O–H groups in total. The Hall–Kier alpha value is -0.230. The lowest BCUT2D eigenvalue weighted by Gasteiger charge is -2.22. The van der Waals surface area contributed by atoms with E-state index in [0.717, 1.165) is 13.0 Å². The van der Waals surface area contributed by atoms with Crippen LogP contribution in [0.3, 0.4) is 0 Å². The fourth-order valence-corrected chi connectivity index (χ4v) is 5.93. The number of hydrogen-bond acceptors (Lipinski definition) is 4. The number of rotatable bonds is 2. The van der Waals surface area contributed by atoms with Crippen molar-refractivity contribution in [2.45, 2.75) is 24.6 Å². The summed E-state index contributed by atoms with van der Waals surface area (Å²) < 4.78 is 22.8. The van der Waals surface area contributed by atoms with Crippen LogP contribution in [-0.2, 0) is 9.84 Å². The van der Waals surface area contributed by atoms with Crippen LogP contribution < -0.4 is 0 Å². The highest BCUT2D eigenvalue weighted by Crippen LogP contribution is 2.37. The topological polar surface area (TPSA) is 61.2 Å².